The van der Waals surface area contributed by atoms with Gasteiger partial charge in [-0.05, 0) is 24.6 Å². The first-order chi connectivity index (χ1) is 9.00. The Balaban J connectivity index is 2.24. The Morgan fingerprint density at radius 1 is 0.895 bits per heavy atom. The van der Waals surface area contributed by atoms with E-state index in [1.807, 2.05) is 0 Å². The summed E-state index contributed by atoms with van der Waals surface area (Å²) in [5.41, 5.74) is -0.0763. The van der Waals surface area contributed by atoms with Crippen molar-refractivity contribution in [2.45, 2.75) is 13.5 Å². The number of anilines is 1. The normalized spacial score (nSPS) is 10.6. The Morgan fingerprint density at radius 3 is 2.37 bits per heavy atom. The molecule has 0 aromatic heterocycles. The molecule has 19 heavy (non-hydrogen) atoms. The van der Waals surface area contributed by atoms with Crippen LogP contribution in [0.3, 0.4) is 0 Å². The monoisotopic (exact) mass is 269 g/mol. The second kappa shape index (κ2) is 5.30. The Bertz CT molecular complexity index is 611. The second-order valence-electron chi connectivity index (χ2n) is 4.12. The second-order valence-corrected chi connectivity index (χ2v) is 4.12. The van der Waals surface area contributed by atoms with Gasteiger partial charge in [0, 0.05) is 12.1 Å². The Hall–Kier alpha value is -2.04. The van der Waals surface area contributed by atoms with E-state index >= 15 is 0 Å². The number of halogens is 4. The summed E-state index contributed by atoms with van der Waals surface area (Å²) in [4.78, 5) is 0. The standard InChI is InChI=1S/C14H11F4N/c1-8-5-6-11(16)14(12(8)17)19-7-9-3-2-4-10(15)13(9)18/h2-6,19H,7H2,1H3. The van der Waals surface area contributed by atoms with Crippen molar-refractivity contribution in [3.8, 4) is 0 Å². The minimum absolute atomic E-state index is 0.000283. The van der Waals surface area contributed by atoms with Gasteiger partial charge in [-0.3, -0.25) is 0 Å². The van der Waals surface area contributed by atoms with Crippen molar-refractivity contribution in [3.63, 3.8) is 0 Å². The highest BCUT2D eigenvalue weighted by Crippen LogP contribution is 2.23. The van der Waals surface area contributed by atoms with Crippen molar-refractivity contribution in [3.05, 3.63) is 64.7 Å². The van der Waals surface area contributed by atoms with Crippen molar-refractivity contribution in [2.75, 3.05) is 5.32 Å². The summed E-state index contributed by atoms with van der Waals surface area (Å²) in [5, 5.41) is 2.45. The molecule has 0 atom stereocenters. The molecule has 0 amide bonds. The lowest BCUT2D eigenvalue weighted by Gasteiger charge is -2.11. The Labute approximate surface area is 107 Å². The smallest absolute Gasteiger partial charge is 0.163 e. The lowest BCUT2D eigenvalue weighted by atomic mass is 10.1. The third-order valence-corrected chi connectivity index (χ3v) is 2.77. The van der Waals surface area contributed by atoms with E-state index in [2.05, 4.69) is 5.32 Å². The summed E-state index contributed by atoms with van der Waals surface area (Å²) >= 11 is 0. The zero-order chi connectivity index (χ0) is 14.0. The van der Waals surface area contributed by atoms with E-state index in [1.165, 1.54) is 25.1 Å². The molecule has 2 aromatic carbocycles. The van der Waals surface area contributed by atoms with E-state index in [-0.39, 0.29) is 23.4 Å². The lowest BCUT2D eigenvalue weighted by Crippen LogP contribution is -2.07. The molecule has 2 aromatic rings. The molecule has 0 bridgehead atoms. The third kappa shape index (κ3) is 2.70. The Kier molecular flexibility index (Phi) is 3.74. The van der Waals surface area contributed by atoms with E-state index in [9.17, 15) is 17.6 Å². The molecule has 1 nitrogen and oxygen atoms in total. The summed E-state index contributed by atoms with van der Waals surface area (Å²) in [6, 6.07) is 6.07. The fourth-order valence-corrected chi connectivity index (χ4v) is 1.69. The molecule has 0 aliphatic heterocycles. The first-order valence-corrected chi connectivity index (χ1v) is 5.62. The van der Waals surface area contributed by atoms with Crippen molar-refractivity contribution in [1.82, 2.24) is 0 Å². The number of hydrogen-bond donors (Lipinski definition) is 1. The number of hydrogen-bond acceptors (Lipinski definition) is 1. The van der Waals surface area contributed by atoms with Gasteiger partial charge in [0.05, 0.1) is 0 Å². The molecular formula is C14H11F4N. The zero-order valence-electron chi connectivity index (χ0n) is 10.1. The Morgan fingerprint density at radius 2 is 1.63 bits per heavy atom. The first-order valence-electron chi connectivity index (χ1n) is 5.62. The predicted molar refractivity (Wildman–Crippen MR) is 64.8 cm³/mol. The largest absolute Gasteiger partial charge is 0.376 e. The molecule has 2 rings (SSSR count). The minimum atomic E-state index is -1.02. The molecule has 5 heteroatoms. The van der Waals surface area contributed by atoms with Crippen LogP contribution in [-0.4, -0.2) is 0 Å². The average Bonchev–Trinajstić information content (AvgIpc) is 2.39. The van der Waals surface area contributed by atoms with Crippen molar-refractivity contribution >= 4 is 5.69 Å². The molecule has 0 saturated carbocycles. The molecule has 0 spiro atoms. The van der Waals surface area contributed by atoms with Crippen LogP contribution in [0.4, 0.5) is 23.2 Å². The summed E-state index contributed by atoms with van der Waals surface area (Å²) < 4.78 is 53.5. The highest BCUT2D eigenvalue weighted by molar-refractivity contribution is 5.49. The van der Waals surface area contributed by atoms with E-state index in [1.54, 1.807) is 0 Å². The predicted octanol–water partition coefficient (Wildman–Crippen LogP) is 4.16. The van der Waals surface area contributed by atoms with Crippen LogP contribution in [0.5, 0.6) is 0 Å². The van der Waals surface area contributed by atoms with Gasteiger partial charge in [0.25, 0.3) is 0 Å². The summed E-state index contributed by atoms with van der Waals surface area (Å²) in [6.07, 6.45) is 0. The van der Waals surface area contributed by atoms with Gasteiger partial charge in [-0.25, -0.2) is 17.6 Å². The molecular weight excluding hydrogens is 258 g/mol. The summed E-state index contributed by atoms with van der Waals surface area (Å²) in [7, 11) is 0. The SMILES string of the molecule is Cc1ccc(F)c(NCc2cccc(F)c2F)c1F. The van der Waals surface area contributed by atoms with Crippen LogP contribution >= 0.6 is 0 Å². The maximum atomic E-state index is 13.7. The van der Waals surface area contributed by atoms with Crippen LogP contribution in [0.2, 0.25) is 0 Å². The number of benzene rings is 2. The maximum absolute atomic E-state index is 13.7. The topological polar surface area (TPSA) is 12.0 Å². The van der Waals surface area contributed by atoms with Crippen LogP contribution in [0.15, 0.2) is 30.3 Å². The number of nitrogens with one attached hydrogen (secondary N) is 1. The molecule has 0 aliphatic rings. The van der Waals surface area contributed by atoms with Gasteiger partial charge in [-0.15, -0.1) is 0 Å². The molecule has 0 unspecified atom stereocenters. The lowest BCUT2D eigenvalue weighted by molar-refractivity contribution is 0.500. The number of rotatable bonds is 3. The molecule has 0 saturated heterocycles. The van der Waals surface area contributed by atoms with E-state index in [0.717, 1.165) is 12.1 Å². The molecule has 0 aliphatic carbocycles. The van der Waals surface area contributed by atoms with Gasteiger partial charge in [0.1, 0.15) is 11.5 Å². The van der Waals surface area contributed by atoms with E-state index < -0.39 is 23.3 Å². The van der Waals surface area contributed by atoms with Gasteiger partial charge in [0.15, 0.2) is 17.5 Å². The van der Waals surface area contributed by atoms with Gasteiger partial charge < -0.3 is 5.32 Å². The molecule has 0 radical (unpaired) electrons. The van der Waals surface area contributed by atoms with Gasteiger partial charge in [0.2, 0.25) is 0 Å². The molecule has 0 heterocycles. The quantitative estimate of drug-likeness (QED) is 0.825. The highest BCUT2D eigenvalue weighted by Gasteiger charge is 2.13. The van der Waals surface area contributed by atoms with Crippen LogP contribution in [0.25, 0.3) is 0 Å². The van der Waals surface area contributed by atoms with Gasteiger partial charge >= 0.3 is 0 Å². The van der Waals surface area contributed by atoms with Crippen molar-refractivity contribution < 1.29 is 17.6 Å². The van der Waals surface area contributed by atoms with Gasteiger partial charge in [-0.2, -0.15) is 0 Å². The zero-order valence-corrected chi connectivity index (χ0v) is 10.1. The summed E-state index contributed by atoms with van der Waals surface area (Å²) in [5.74, 6) is -3.54. The molecule has 0 fully saturated rings. The van der Waals surface area contributed by atoms with Crippen LogP contribution in [0, 0.1) is 30.2 Å². The van der Waals surface area contributed by atoms with Crippen molar-refractivity contribution in [2.24, 2.45) is 0 Å². The van der Waals surface area contributed by atoms with Gasteiger partial charge in [-0.1, -0.05) is 18.2 Å². The van der Waals surface area contributed by atoms with E-state index in [0.29, 0.717) is 0 Å². The fraction of sp³-hybridized carbons (Fsp3) is 0.143. The third-order valence-electron chi connectivity index (χ3n) is 2.77. The highest BCUT2D eigenvalue weighted by atomic mass is 19.2. The van der Waals surface area contributed by atoms with Crippen LogP contribution in [-0.2, 0) is 6.54 Å². The summed E-state index contributed by atoms with van der Waals surface area (Å²) in [6.45, 7) is 1.28. The minimum Gasteiger partial charge on any atom is -0.376 e. The van der Waals surface area contributed by atoms with E-state index in [4.69, 9.17) is 0 Å². The van der Waals surface area contributed by atoms with Crippen LogP contribution < -0.4 is 5.32 Å². The number of aryl methyl sites for hydroxylation is 1. The van der Waals surface area contributed by atoms with Crippen LogP contribution in [0.1, 0.15) is 11.1 Å². The maximum Gasteiger partial charge on any atom is 0.163 e. The first kappa shape index (κ1) is 13.4. The van der Waals surface area contributed by atoms with Crippen molar-refractivity contribution in [1.29, 1.82) is 0 Å². The molecule has 100 valence electrons. The molecule has 1 N–H and O–H groups in total. The average molecular weight is 269 g/mol. The fourth-order valence-electron chi connectivity index (χ4n) is 1.69.